The van der Waals surface area contributed by atoms with Gasteiger partial charge in [-0.05, 0) is 30.9 Å². The van der Waals surface area contributed by atoms with E-state index < -0.39 is 10.0 Å². The molecule has 1 atom stereocenters. The molecule has 20 heavy (non-hydrogen) atoms. The van der Waals surface area contributed by atoms with Crippen molar-refractivity contribution >= 4 is 15.8 Å². The number of hydrogen-bond donors (Lipinski definition) is 2. The van der Waals surface area contributed by atoms with E-state index in [1.54, 1.807) is 19.1 Å². The lowest BCUT2D eigenvalue weighted by Crippen LogP contribution is -2.41. The lowest BCUT2D eigenvalue weighted by atomic mass is 10.1. The largest absolute Gasteiger partial charge is 0.329 e. The van der Waals surface area contributed by atoms with Gasteiger partial charge in [-0.25, -0.2) is 13.1 Å². The maximum atomic E-state index is 12.3. The van der Waals surface area contributed by atoms with Gasteiger partial charge in [-0.15, -0.1) is 0 Å². The molecule has 0 bridgehead atoms. The molecular formula is C14H20N2O3S. The molecule has 0 spiro atoms. The number of Topliss-reactive ketones (excluding diaryl/α,β-unsaturated/α-hetero) is 1. The van der Waals surface area contributed by atoms with Gasteiger partial charge in [0.2, 0.25) is 10.0 Å². The summed E-state index contributed by atoms with van der Waals surface area (Å²) in [6.07, 6.45) is 2.38. The normalized spacial score (nSPS) is 16.9. The van der Waals surface area contributed by atoms with E-state index in [4.69, 9.17) is 5.73 Å². The van der Waals surface area contributed by atoms with Crippen molar-refractivity contribution in [2.45, 2.75) is 37.1 Å². The van der Waals surface area contributed by atoms with Crippen LogP contribution in [0.25, 0.3) is 0 Å². The van der Waals surface area contributed by atoms with E-state index >= 15 is 0 Å². The Hall–Kier alpha value is -1.24. The average molecular weight is 296 g/mol. The van der Waals surface area contributed by atoms with Crippen molar-refractivity contribution in [3.05, 3.63) is 29.8 Å². The molecule has 2 rings (SSSR count). The minimum absolute atomic E-state index is 0.0698. The van der Waals surface area contributed by atoms with Crippen LogP contribution in [0.3, 0.4) is 0 Å². The Kier molecular flexibility index (Phi) is 4.57. The number of rotatable bonds is 7. The summed E-state index contributed by atoms with van der Waals surface area (Å²) in [5.41, 5.74) is 6.04. The van der Waals surface area contributed by atoms with Crippen LogP contribution in [-0.2, 0) is 10.0 Å². The maximum Gasteiger partial charge on any atom is 0.240 e. The van der Waals surface area contributed by atoms with Gasteiger partial charge in [0, 0.05) is 24.6 Å². The lowest BCUT2D eigenvalue weighted by Gasteiger charge is -2.16. The summed E-state index contributed by atoms with van der Waals surface area (Å²) in [7, 11) is -3.62. The molecular weight excluding hydrogens is 276 g/mol. The zero-order valence-electron chi connectivity index (χ0n) is 11.5. The van der Waals surface area contributed by atoms with Crippen molar-refractivity contribution in [3.63, 3.8) is 0 Å². The van der Waals surface area contributed by atoms with Gasteiger partial charge in [-0.2, -0.15) is 0 Å². The molecule has 5 nitrogen and oxygen atoms in total. The van der Waals surface area contributed by atoms with E-state index in [2.05, 4.69) is 4.72 Å². The van der Waals surface area contributed by atoms with Crippen LogP contribution in [0.1, 0.15) is 36.5 Å². The van der Waals surface area contributed by atoms with E-state index in [1.807, 2.05) is 0 Å². The van der Waals surface area contributed by atoms with Crippen LogP contribution in [0.4, 0.5) is 0 Å². The first-order valence-electron chi connectivity index (χ1n) is 6.83. The number of carbonyl (C=O) groups excluding carboxylic acids is 1. The van der Waals surface area contributed by atoms with Crippen LogP contribution in [0.15, 0.2) is 29.2 Å². The quantitative estimate of drug-likeness (QED) is 0.742. The van der Waals surface area contributed by atoms with Crippen LogP contribution < -0.4 is 10.5 Å². The summed E-state index contributed by atoms with van der Waals surface area (Å²) >= 11 is 0. The van der Waals surface area contributed by atoms with E-state index in [0.717, 1.165) is 12.8 Å². The van der Waals surface area contributed by atoms with Crippen LogP contribution in [-0.4, -0.2) is 26.8 Å². The molecule has 0 heterocycles. The van der Waals surface area contributed by atoms with Gasteiger partial charge in [0.1, 0.15) is 0 Å². The Morgan fingerprint density at radius 2 is 2.15 bits per heavy atom. The summed E-state index contributed by atoms with van der Waals surface area (Å²) < 4.78 is 27.3. The molecule has 1 aromatic carbocycles. The molecule has 0 aromatic heterocycles. The first-order valence-corrected chi connectivity index (χ1v) is 8.32. The molecule has 1 aliphatic rings. The second kappa shape index (κ2) is 6.03. The van der Waals surface area contributed by atoms with Gasteiger partial charge >= 0.3 is 0 Å². The molecule has 1 fully saturated rings. The smallest absolute Gasteiger partial charge is 0.240 e. The van der Waals surface area contributed by atoms with Crippen LogP contribution in [0, 0.1) is 5.92 Å². The fourth-order valence-electron chi connectivity index (χ4n) is 2.14. The van der Waals surface area contributed by atoms with Crippen molar-refractivity contribution < 1.29 is 13.2 Å². The summed E-state index contributed by atoms with van der Waals surface area (Å²) in [5, 5.41) is 0. The standard InChI is InChI=1S/C14H20N2O3S/c1-2-14(17)11-4-3-5-12(8-11)20(18,19)16-13(9-15)10-6-7-10/h3-5,8,10,13,16H,2,6-7,9,15H2,1H3/t13-/m0/s1. The van der Waals surface area contributed by atoms with Crippen LogP contribution >= 0.6 is 0 Å². The van der Waals surface area contributed by atoms with Gasteiger partial charge in [0.15, 0.2) is 5.78 Å². The molecule has 6 heteroatoms. The summed E-state index contributed by atoms with van der Waals surface area (Å²) in [6.45, 7) is 2.04. The Bertz CT molecular complexity index is 594. The maximum absolute atomic E-state index is 12.3. The summed E-state index contributed by atoms with van der Waals surface area (Å²) in [5.74, 6) is 0.273. The van der Waals surface area contributed by atoms with Gasteiger partial charge < -0.3 is 5.73 Å². The number of sulfonamides is 1. The Labute approximate surface area is 119 Å². The number of ketones is 1. The third-order valence-corrected chi connectivity index (χ3v) is 5.03. The zero-order valence-corrected chi connectivity index (χ0v) is 12.3. The van der Waals surface area contributed by atoms with Gasteiger partial charge in [-0.1, -0.05) is 19.1 Å². The SMILES string of the molecule is CCC(=O)c1cccc(S(=O)(=O)N[C@@H](CN)C2CC2)c1. The van der Waals surface area contributed by atoms with Crippen molar-refractivity contribution in [1.82, 2.24) is 4.72 Å². The number of carbonyl (C=O) groups is 1. The van der Waals surface area contributed by atoms with Crippen molar-refractivity contribution in [1.29, 1.82) is 0 Å². The fourth-order valence-corrected chi connectivity index (χ4v) is 3.51. The van der Waals surface area contributed by atoms with Crippen LogP contribution in [0.5, 0.6) is 0 Å². The van der Waals surface area contributed by atoms with Crippen molar-refractivity contribution in [2.24, 2.45) is 11.7 Å². The highest BCUT2D eigenvalue weighted by Crippen LogP contribution is 2.32. The second-order valence-electron chi connectivity index (χ2n) is 5.11. The van der Waals surface area contributed by atoms with Gasteiger partial charge in [0.25, 0.3) is 0 Å². The van der Waals surface area contributed by atoms with E-state index in [9.17, 15) is 13.2 Å². The number of nitrogens with one attached hydrogen (secondary N) is 1. The molecule has 1 aliphatic carbocycles. The lowest BCUT2D eigenvalue weighted by molar-refractivity contribution is 0.0988. The third kappa shape index (κ3) is 3.45. The topological polar surface area (TPSA) is 89.3 Å². The number of nitrogens with two attached hydrogens (primary N) is 1. The predicted molar refractivity (Wildman–Crippen MR) is 77.0 cm³/mol. The molecule has 3 N–H and O–H groups in total. The molecule has 0 unspecified atom stereocenters. The highest BCUT2D eigenvalue weighted by molar-refractivity contribution is 7.89. The number of benzene rings is 1. The summed E-state index contributed by atoms with van der Waals surface area (Å²) in [4.78, 5) is 11.8. The second-order valence-corrected chi connectivity index (χ2v) is 6.82. The molecule has 0 radical (unpaired) electrons. The Morgan fingerprint density at radius 1 is 1.45 bits per heavy atom. The minimum Gasteiger partial charge on any atom is -0.329 e. The molecule has 0 saturated heterocycles. The molecule has 0 aliphatic heterocycles. The van der Waals surface area contributed by atoms with Gasteiger partial charge in [-0.3, -0.25) is 4.79 Å². The zero-order chi connectivity index (χ0) is 14.8. The van der Waals surface area contributed by atoms with Crippen LogP contribution in [0.2, 0.25) is 0 Å². The highest BCUT2D eigenvalue weighted by Gasteiger charge is 2.33. The van der Waals surface area contributed by atoms with E-state index in [1.165, 1.54) is 12.1 Å². The number of hydrogen-bond acceptors (Lipinski definition) is 4. The monoisotopic (exact) mass is 296 g/mol. The Morgan fingerprint density at radius 3 is 2.70 bits per heavy atom. The average Bonchev–Trinajstić information content (AvgIpc) is 3.28. The highest BCUT2D eigenvalue weighted by atomic mass is 32.2. The van der Waals surface area contributed by atoms with E-state index in [-0.39, 0.29) is 23.3 Å². The van der Waals surface area contributed by atoms with Gasteiger partial charge in [0.05, 0.1) is 4.90 Å². The fraction of sp³-hybridized carbons (Fsp3) is 0.500. The molecule has 1 saturated carbocycles. The molecule has 1 aromatic rings. The van der Waals surface area contributed by atoms with E-state index in [0.29, 0.717) is 17.9 Å². The predicted octanol–water partition coefficient (Wildman–Crippen LogP) is 1.29. The first kappa shape index (κ1) is 15.2. The third-order valence-electron chi connectivity index (χ3n) is 3.54. The summed E-state index contributed by atoms with van der Waals surface area (Å²) in [6, 6.07) is 5.92. The van der Waals surface area contributed by atoms with Crippen molar-refractivity contribution in [3.8, 4) is 0 Å². The molecule has 110 valence electrons. The first-order chi connectivity index (χ1) is 9.47. The minimum atomic E-state index is -3.62. The van der Waals surface area contributed by atoms with Crippen molar-refractivity contribution in [2.75, 3.05) is 6.54 Å². The molecule has 0 amide bonds. The Balaban J connectivity index is 2.22.